The normalized spacial score (nSPS) is 10.5. The molecule has 0 spiro atoms. The third-order valence-electron chi connectivity index (χ3n) is 3.84. The lowest BCUT2D eigenvalue weighted by Crippen LogP contribution is -2.38. The third kappa shape index (κ3) is 5.71. The molecule has 2 aromatic rings. The number of carbonyl (C=O) groups excluding carboxylic acids is 2. The lowest BCUT2D eigenvalue weighted by Gasteiger charge is -2.21. The predicted octanol–water partition coefficient (Wildman–Crippen LogP) is 4.55. The summed E-state index contributed by atoms with van der Waals surface area (Å²) < 4.78 is 12.9. The molecule has 138 valence electrons. The second kappa shape index (κ2) is 9.55. The topological polar surface area (TPSA) is 49.4 Å². The van der Waals surface area contributed by atoms with Gasteiger partial charge in [-0.15, -0.1) is 0 Å². The van der Waals surface area contributed by atoms with Gasteiger partial charge in [-0.05, 0) is 43.2 Å². The smallest absolute Gasteiger partial charge is 0.244 e. The van der Waals surface area contributed by atoms with E-state index in [1.54, 1.807) is 37.3 Å². The van der Waals surface area contributed by atoms with Crippen molar-refractivity contribution in [1.29, 1.82) is 0 Å². The van der Waals surface area contributed by atoms with E-state index in [0.29, 0.717) is 28.7 Å². The number of likely N-dealkylation sites (N-methyl/N-ethyl adjacent to an activating group) is 1. The van der Waals surface area contributed by atoms with Gasteiger partial charge in [0.2, 0.25) is 11.8 Å². The SMILES string of the molecule is CCN(CC(=O)Nc1c(Cl)cccc1Cl)C(=O)CCc1ccc(F)cc1. The molecular weight excluding hydrogens is 378 g/mol. The largest absolute Gasteiger partial charge is 0.334 e. The highest BCUT2D eigenvalue weighted by Gasteiger charge is 2.17. The highest BCUT2D eigenvalue weighted by atomic mass is 35.5. The van der Waals surface area contributed by atoms with Gasteiger partial charge in [0.05, 0.1) is 22.3 Å². The molecule has 0 aromatic heterocycles. The van der Waals surface area contributed by atoms with Crippen molar-refractivity contribution in [2.24, 2.45) is 0 Å². The number of aryl methyl sites for hydroxylation is 1. The van der Waals surface area contributed by atoms with Gasteiger partial charge in [0.15, 0.2) is 0 Å². The molecule has 2 amide bonds. The quantitative estimate of drug-likeness (QED) is 0.745. The molecule has 0 saturated heterocycles. The van der Waals surface area contributed by atoms with Crippen molar-refractivity contribution >= 4 is 40.7 Å². The van der Waals surface area contributed by atoms with Crippen LogP contribution in [0.4, 0.5) is 10.1 Å². The highest BCUT2D eigenvalue weighted by Crippen LogP contribution is 2.29. The fourth-order valence-electron chi connectivity index (χ4n) is 2.41. The maximum absolute atomic E-state index is 12.9. The van der Waals surface area contributed by atoms with Gasteiger partial charge in [-0.1, -0.05) is 41.4 Å². The second-order valence-electron chi connectivity index (χ2n) is 5.68. The van der Waals surface area contributed by atoms with Gasteiger partial charge in [0.1, 0.15) is 5.82 Å². The van der Waals surface area contributed by atoms with Crippen molar-refractivity contribution in [3.8, 4) is 0 Å². The van der Waals surface area contributed by atoms with Crippen LogP contribution in [0.15, 0.2) is 42.5 Å². The first-order valence-electron chi connectivity index (χ1n) is 8.16. The van der Waals surface area contributed by atoms with E-state index in [1.807, 2.05) is 0 Å². The molecule has 2 aromatic carbocycles. The Kier molecular flexibility index (Phi) is 7.42. The van der Waals surface area contributed by atoms with Crippen molar-refractivity contribution in [2.75, 3.05) is 18.4 Å². The summed E-state index contributed by atoms with van der Waals surface area (Å²) in [7, 11) is 0. The fourth-order valence-corrected chi connectivity index (χ4v) is 2.90. The summed E-state index contributed by atoms with van der Waals surface area (Å²) in [6.07, 6.45) is 0.715. The first kappa shape index (κ1) is 20.2. The van der Waals surface area contributed by atoms with E-state index < -0.39 is 0 Å². The molecule has 26 heavy (non-hydrogen) atoms. The standard InChI is InChI=1S/C19H19Cl2FN2O2/c1-2-24(18(26)11-8-13-6-9-14(22)10-7-13)12-17(25)23-19-15(20)4-3-5-16(19)21/h3-7,9-10H,2,8,11-12H2,1H3,(H,23,25). The molecule has 0 aliphatic rings. The average molecular weight is 397 g/mol. The summed E-state index contributed by atoms with van der Waals surface area (Å²) in [5, 5.41) is 3.30. The fraction of sp³-hybridized carbons (Fsp3) is 0.263. The number of halogens is 3. The summed E-state index contributed by atoms with van der Waals surface area (Å²) >= 11 is 12.1. The van der Waals surface area contributed by atoms with E-state index in [1.165, 1.54) is 17.0 Å². The summed E-state index contributed by atoms with van der Waals surface area (Å²) in [4.78, 5) is 26.0. The minimum absolute atomic E-state index is 0.0969. The van der Waals surface area contributed by atoms with Gasteiger partial charge >= 0.3 is 0 Å². The van der Waals surface area contributed by atoms with E-state index in [4.69, 9.17) is 23.2 Å². The van der Waals surface area contributed by atoms with Crippen LogP contribution >= 0.6 is 23.2 Å². The number of amides is 2. The Morgan fingerprint density at radius 1 is 1.08 bits per heavy atom. The van der Waals surface area contributed by atoms with Gasteiger partial charge < -0.3 is 10.2 Å². The Morgan fingerprint density at radius 2 is 1.69 bits per heavy atom. The van der Waals surface area contributed by atoms with Gasteiger partial charge in [-0.25, -0.2) is 4.39 Å². The van der Waals surface area contributed by atoms with Crippen molar-refractivity contribution in [3.63, 3.8) is 0 Å². The molecule has 4 nitrogen and oxygen atoms in total. The van der Waals surface area contributed by atoms with Crippen molar-refractivity contribution in [1.82, 2.24) is 4.90 Å². The Labute approximate surface area is 161 Å². The molecule has 0 aliphatic carbocycles. The zero-order valence-electron chi connectivity index (χ0n) is 14.3. The number of nitrogens with one attached hydrogen (secondary N) is 1. The molecule has 1 N–H and O–H groups in total. The van der Waals surface area contributed by atoms with Crippen LogP contribution in [-0.4, -0.2) is 29.8 Å². The van der Waals surface area contributed by atoms with Crippen molar-refractivity contribution < 1.29 is 14.0 Å². The van der Waals surface area contributed by atoms with Gasteiger partial charge in [0, 0.05) is 13.0 Å². The number of benzene rings is 2. The Hall–Kier alpha value is -2.11. The molecule has 7 heteroatoms. The second-order valence-corrected chi connectivity index (χ2v) is 6.49. The summed E-state index contributed by atoms with van der Waals surface area (Å²) in [6.45, 7) is 2.10. The van der Waals surface area contributed by atoms with Crippen molar-refractivity contribution in [2.45, 2.75) is 19.8 Å². The summed E-state index contributed by atoms with van der Waals surface area (Å²) in [5.74, 6) is -0.848. The molecule has 0 fully saturated rings. The molecule has 0 bridgehead atoms. The molecular formula is C19H19Cl2FN2O2. The number of carbonyl (C=O) groups is 2. The number of hydrogen-bond acceptors (Lipinski definition) is 2. The zero-order valence-corrected chi connectivity index (χ0v) is 15.8. The first-order valence-corrected chi connectivity index (χ1v) is 8.92. The van der Waals surface area contributed by atoms with E-state index >= 15 is 0 Å². The highest BCUT2D eigenvalue weighted by molar-refractivity contribution is 6.39. The van der Waals surface area contributed by atoms with Crippen LogP contribution in [0.3, 0.4) is 0 Å². The van der Waals surface area contributed by atoms with Crippen LogP contribution in [0.2, 0.25) is 10.0 Å². The third-order valence-corrected chi connectivity index (χ3v) is 4.47. The van der Waals surface area contributed by atoms with E-state index in [2.05, 4.69) is 5.32 Å². The number of rotatable bonds is 7. The maximum atomic E-state index is 12.9. The average Bonchev–Trinajstić information content (AvgIpc) is 2.62. The van der Waals surface area contributed by atoms with E-state index in [9.17, 15) is 14.0 Å². The van der Waals surface area contributed by atoms with Crippen LogP contribution in [0, 0.1) is 5.82 Å². The molecule has 0 radical (unpaired) electrons. The molecule has 0 unspecified atom stereocenters. The number of anilines is 1. The van der Waals surface area contributed by atoms with Gasteiger partial charge in [-0.2, -0.15) is 0 Å². The van der Waals surface area contributed by atoms with Crippen LogP contribution < -0.4 is 5.32 Å². The lowest BCUT2D eigenvalue weighted by atomic mass is 10.1. The Morgan fingerprint density at radius 3 is 2.27 bits per heavy atom. The molecule has 2 rings (SSSR count). The Bertz CT molecular complexity index is 761. The van der Waals surface area contributed by atoms with Crippen LogP contribution in [0.5, 0.6) is 0 Å². The van der Waals surface area contributed by atoms with Crippen LogP contribution in [-0.2, 0) is 16.0 Å². The molecule has 0 heterocycles. The minimum Gasteiger partial charge on any atom is -0.334 e. The molecule has 0 atom stereocenters. The predicted molar refractivity (Wildman–Crippen MR) is 102 cm³/mol. The summed E-state index contributed by atoms with van der Waals surface area (Å²) in [5.41, 5.74) is 1.19. The maximum Gasteiger partial charge on any atom is 0.244 e. The number of hydrogen-bond donors (Lipinski definition) is 1. The van der Waals surface area contributed by atoms with Gasteiger partial charge in [0.25, 0.3) is 0 Å². The Balaban J connectivity index is 1.91. The lowest BCUT2D eigenvalue weighted by molar-refractivity contribution is -0.134. The number of nitrogens with zero attached hydrogens (tertiary/aromatic N) is 1. The molecule has 0 aliphatic heterocycles. The monoisotopic (exact) mass is 396 g/mol. The minimum atomic E-state index is -0.378. The van der Waals surface area contributed by atoms with Gasteiger partial charge in [-0.3, -0.25) is 9.59 Å². The van der Waals surface area contributed by atoms with E-state index in [-0.39, 0.29) is 30.6 Å². The zero-order chi connectivity index (χ0) is 19.1. The summed E-state index contributed by atoms with van der Waals surface area (Å²) in [6, 6.07) is 10.9. The van der Waals surface area contributed by atoms with Crippen LogP contribution in [0.1, 0.15) is 18.9 Å². The first-order chi connectivity index (χ1) is 12.4. The molecule has 0 saturated carbocycles. The van der Waals surface area contributed by atoms with Crippen molar-refractivity contribution in [3.05, 3.63) is 63.9 Å². The van der Waals surface area contributed by atoms with E-state index in [0.717, 1.165) is 5.56 Å². The number of para-hydroxylation sites is 1. The van der Waals surface area contributed by atoms with Crippen LogP contribution in [0.25, 0.3) is 0 Å².